The van der Waals surface area contributed by atoms with Crippen LogP contribution in [0.2, 0.25) is 0 Å². The van der Waals surface area contributed by atoms with Gasteiger partial charge in [0.1, 0.15) is 5.78 Å². The number of ketones is 1. The lowest BCUT2D eigenvalue weighted by Gasteiger charge is -2.11. The first-order chi connectivity index (χ1) is 5.24. The fraction of sp³-hybridized carbons (Fsp3) is 0.889. The Morgan fingerprint density at radius 3 is 2.91 bits per heavy atom. The van der Waals surface area contributed by atoms with Crippen molar-refractivity contribution in [3.8, 4) is 0 Å². The summed E-state index contributed by atoms with van der Waals surface area (Å²) in [6, 6.07) is 0. The van der Waals surface area contributed by atoms with Crippen LogP contribution in [0.3, 0.4) is 0 Å². The van der Waals surface area contributed by atoms with E-state index in [0.29, 0.717) is 11.7 Å². The summed E-state index contributed by atoms with van der Waals surface area (Å²) >= 11 is 0. The van der Waals surface area contributed by atoms with Crippen LogP contribution in [0.1, 0.15) is 32.6 Å². The summed E-state index contributed by atoms with van der Waals surface area (Å²) in [5.41, 5.74) is 0. The van der Waals surface area contributed by atoms with Gasteiger partial charge in [-0.2, -0.15) is 0 Å². The van der Waals surface area contributed by atoms with Gasteiger partial charge in [0.15, 0.2) is 0 Å². The summed E-state index contributed by atoms with van der Waals surface area (Å²) in [4.78, 5) is 11.1. The summed E-state index contributed by atoms with van der Waals surface area (Å²) in [5.74, 6) is 0.962. The van der Waals surface area contributed by atoms with Gasteiger partial charge in [-0.25, -0.2) is 0 Å². The first-order valence-corrected chi connectivity index (χ1v) is 4.37. The Morgan fingerprint density at radius 2 is 2.45 bits per heavy atom. The highest BCUT2D eigenvalue weighted by Crippen LogP contribution is 2.26. The molecule has 1 N–H and O–H groups in total. The van der Waals surface area contributed by atoms with E-state index in [9.17, 15) is 4.79 Å². The van der Waals surface area contributed by atoms with Crippen molar-refractivity contribution in [3.63, 3.8) is 0 Å². The van der Waals surface area contributed by atoms with Crippen LogP contribution in [-0.4, -0.2) is 17.5 Å². The molecule has 0 bridgehead atoms. The summed E-state index contributed by atoms with van der Waals surface area (Å²) < 4.78 is 0. The van der Waals surface area contributed by atoms with Crippen molar-refractivity contribution in [3.05, 3.63) is 0 Å². The molecule has 0 aliphatic heterocycles. The molecule has 0 aromatic rings. The van der Waals surface area contributed by atoms with Gasteiger partial charge >= 0.3 is 0 Å². The van der Waals surface area contributed by atoms with Gasteiger partial charge in [0, 0.05) is 18.9 Å². The molecule has 0 amide bonds. The zero-order chi connectivity index (χ0) is 8.27. The highest BCUT2D eigenvalue weighted by molar-refractivity contribution is 5.82. The lowest BCUT2D eigenvalue weighted by Crippen LogP contribution is -2.12. The normalized spacial score (nSPS) is 27.5. The van der Waals surface area contributed by atoms with Crippen molar-refractivity contribution in [1.29, 1.82) is 0 Å². The number of aliphatic hydroxyl groups is 1. The SMILES string of the molecule is CC(CO)CC1CCCC1=O. The molecule has 0 heterocycles. The molecule has 0 saturated heterocycles. The predicted molar refractivity (Wildman–Crippen MR) is 43.2 cm³/mol. The Kier molecular flexibility index (Phi) is 3.06. The molecule has 64 valence electrons. The minimum atomic E-state index is 0.212. The van der Waals surface area contributed by atoms with Gasteiger partial charge in [-0.1, -0.05) is 6.92 Å². The molecule has 2 unspecified atom stereocenters. The number of rotatable bonds is 3. The smallest absolute Gasteiger partial charge is 0.135 e. The van der Waals surface area contributed by atoms with Crippen LogP contribution in [0.5, 0.6) is 0 Å². The fourth-order valence-corrected chi connectivity index (χ4v) is 1.70. The third-order valence-corrected chi connectivity index (χ3v) is 2.43. The van der Waals surface area contributed by atoms with Gasteiger partial charge in [-0.3, -0.25) is 4.79 Å². The maximum atomic E-state index is 11.1. The number of hydrogen-bond donors (Lipinski definition) is 1. The van der Waals surface area contributed by atoms with E-state index in [-0.39, 0.29) is 12.5 Å². The summed E-state index contributed by atoms with van der Waals surface area (Å²) in [5, 5.41) is 8.77. The second kappa shape index (κ2) is 3.86. The lowest BCUT2D eigenvalue weighted by molar-refractivity contribution is -0.121. The predicted octanol–water partition coefficient (Wildman–Crippen LogP) is 1.37. The zero-order valence-corrected chi connectivity index (χ0v) is 7.05. The van der Waals surface area contributed by atoms with E-state index < -0.39 is 0 Å². The molecular weight excluding hydrogens is 140 g/mol. The van der Waals surface area contributed by atoms with Crippen molar-refractivity contribution < 1.29 is 9.90 Å². The Morgan fingerprint density at radius 1 is 1.73 bits per heavy atom. The average molecular weight is 156 g/mol. The molecule has 2 heteroatoms. The number of Topliss-reactive ketones (excluding diaryl/α,β-unsaturated/α-hetero) is 1. The van der Waals surface area contributed by atoms with Crippen LogP contribution in [0.15, 0.2) is 0 Å². The van der Waals surface area contributed by atoms with Gasteiger partial charge in [0.25, 0.3) is 0 Å². The molecule has 1 aliphatic carbocycles. The van der Waals surface area contributed by atoms with Crippen LogP contribution in [-0.2, 0) is 4.79 Å². The van der Waals surface area contributed by atoms with Crippen LogP contribution in [0.25, 0.3) is 0 Å². The molecular formula is C9H16O2. The largest absolute Gasteiger partial charge is 0.396 e. The van der Waals surface area contributed by atoms with Crippen LogP contribution >= 0.6 is 0 Å². The highest BCUT2D eigenvalue weighted by atomic mass is 16.3. The van der Waals surface area contributed by atoms with E-state index in [1.165, 1.54) is 0 Å². The molecule has 1 fully saturated rings. The van der Waals surface area contributed by atoms with Gasteiger partial charge in [-0.15, -0.1) is 0 Å². The van der Waals surface area contributed by atoms with Crippen molar-refractivity contribution in [2.45, 2.75) is 32.6 Å². The maximum absolute atomic E-state index is 11.1. The second-order valence-electron chi connectivity index (χ2n) is 3.58. The summed E-state index contributed by atoms with van der Waals surface area (Å²) in [6.07, 6.45) is 3.75. The van der Waals surface area contributed by atoms with Gasteiger partial charge in [-0.05, 0) is 25.2 Å². The Balaban J connectivity index is 2.30. The minimum Gasteiger partial charge on any atom is -0.396 e. The van der Waals surface area contributed by atoms with E-state index in [2.05, 4.69) is 0 Å². The van der Waals surface area contributed by atoms with E-state index in [0.717, 1.165) is 25.7 Å². The van der Waals surface area contributed by atoms with E-state index in [4.69, 9.17) is 5.11 Å². The van der Waals surface area contributed by atoms with E-state index >= 15 is 0 Å². The third kappa shape index (κ3) is 2.29. The number of aliphatic hydroxyl groups excluding tert-OH is 1. The molecule has 11 heavy (non-hydrogen) atoms. The number of hydrogen-bond acceptors (Lipinski definition) is 2. The monoisotopic (exact) mass is 156 g/mol. The zero-order valence-electron chi connectivity index (χ0n) is 7.05. The van der Waals surface area contributed by atoms with Crippen molar-refractivity contribution in [1.82, 2.24) is 0 Å². The molecule has 1 saturated carbocycles. The fourth-order valence-electron chi connectivity index (χ4n) is 1.70. The molecule has 2 atom stereocenters. The second-order valence-corrected chi connectivity index (χ2v) is 3.58. The van der Waals surface area contributed by atoms with Crippen molar-refractivity contribution in [2.75, 3.05) is 6.61 Å². The van der Waals surface area contributed by atoms with Crippen LogP contribution in [0, 0.1) is 11.8 Å². The summed E-state index contributed by atoms with van der Waals surface area (Å²) in [7, 11) is 0. The standard InChI is InChI=1S/C9H16O2/c1-7(6-10)5-8-3-2-4-9(8)11/h7-8,10H,2-6H2,1H3. The number of carbonyl (C=O) groups is 1. The van der Waals surface area contributed by atoms with Gasteiger partial charge < -0.3 is 5.11 Å². The highest BCUT2D eigenvalue weighted by Gasteiger charge is 2.25. The molecule has 1 rings (SSSR count). The average Bonchev–Trinajstić information content (AvgIpc) is 2.37. The molecule has 1 aliphatic rings. The molecule has 0 spiro atoms. The Labute approximate surface area is 67.6 Å². The van der Waals surface area contributed by atoms with Crippen LogP contribution < -0.4 is 0 Å². The molecule has 0 radical (unpaired) electrons. The molecule has 0 aromatic heterocycles. The van der Waals surface area contributed by atoms with E-state index in [1.54, 1.807) is 0 Å². The summed E-state index contributed by atoms with van der Waals surface area (Å²) in [6.45, 7) is 2.20. The van der Waals surface area contributed by atoms with Crippen molar-refractivity contribution >= 4 is 5.78 Å². The molecule has 2 nitrogen and oxygen atoms in total. The topological polar surface area (TPSA) is 37.3 Å². The van der Waals surface area contributed by atoms with Gasteiger partial charge in [0.2, 0.25) is 0 Å². The Bertz CT molecular complexity index is 142. The van der Waals surface area contributed by atoms with Gasteiger partial charge in [0.05, 0.1) is 0 Å². The first kappa shape index (κ1) is 8.72. The van der Waals surface area contributed by atoms with Crippen LogP contribution in [0.4, 0.5) is 0 Å². The molecule has 0 aromatic carbocycles. The minimum absolute atomic E-state index is 0.212. The first-order valence-electron chi connectivity index (χ1n) is 4.37. The quantitative estimate of drug-likeness (QED) is 0.670. The number of carbonyl (C=O) groups excluding carboxylic acids is 1. The van der Waals surface area contributed by atoms with Crippen molar-refractivity contribution in [2.24, 2.45) is 11.8 Å². The van der Waals surface area contributed by atoms with E-state index in [1.807, 2.05) is 6.92 Å². The third-order valence-electron chi connectivity index (χ3n) is 2.43. The lowest BCUT2D eigenvalue weighted by atomic mass is 9.94. The maximum Gasteiger partial charge on any atom is 0.135 e. The Hall–Kier alpha value is -0.370.